The molecular weight excluding hydrogens is 308 g/mol. The van der Waals surface area contributed by atoms with Crippen LogP contribution < -0.4 is 9.47 Å². The minimum absolute atomic E-state index is 0.563. The van der Waals surface area contributed by atoms with Crippen molar-refractivity contribution in [3.8, 4) is 17.2 Å². The summed E-state index contributed by atoms with van der Waals surface area (Å²) in [5.41, 5.74) is 2.57. The summed E-state index contributed by atoms with van der Waals surface area (Å²) in [6, 6.07) is 11.3. The van der Waals surface area contributed by atoms with E-state index < -0.39 is 0 Å². The molecular formula is C15H13ClN2O2S. The average Bonchev–Trinajstić information content (AvgIpc) is 2.84. The van der Waals surface area contributed by atoms with Crippen molar-refractivity contribution in [1.82, 2.24) is 9.55 Å². The van der Waals surface area contributed by atoms with Crippen LogP contribution in [0.1, 0.15) is 0 Å². The summed E-state index contributed by atoms with van der Waals surface area (Å²) >= 11 is 11.6. The molecule has 0 aliphatic rings. The number of ether oxygens (including phenoxy) is 2. The second-order valence-electron chi connectivity index (χ2n) is 4.47. The Morgan fingerprint density at radius 3 is 2.38 bits per heavy atom. The zero-order valence-electron chi connectivity index (χ0n) is 11.5. The third kappa shape index (κ3) is 2.39. The van der Waals surface area contributed by atoms with Crippen molar-refractivity contribution in [2.24, 2.45) is 0 Å². The van der Waals surface area contributed by atoms with E-state index in [0.717, 1.165) is 16.7 Å². The van der Waals surface area contributed by atoms with Gasteiger partial charge in [0, 0.05) is 18.2 Å². The van der Waals surface area contributed by atoms with Crippen LogP contribution in [0.3, 0.4) is 0 Å². The number of rotatable bonds is 3. The van der Waals surface area contributed by atoms with Crippen molar-refractivity contribution in [3.05, 3.63) is 46.2 Å². The number of nitrogens with zero attached hydrogens (tertiary/aromatic N) is 1. The summed E-state index contributed by atoms with van der Waals surface area (Å²) in [6.45, 7) is 0. The topological polar surface area (TPSA) is 39.2 Å². The largest absolute Gasteiger partial charge is 0.497 e. The van der Waals surface area contributed by atoms with Gasteiger partial charge < -0.3 is 14.5 Å². The number of para-hydroxylation sites is 1. The average molecular weight is 321 g/mol. The van der Waals surface area contributed by atoms with E-state index >= 15 is 0 Å². The quantitative estimate of drug-likeness (QED) is 0.729. The minimum atomic E-state index is 0.563. The zero-order valence-corrected chi connectivity index (χ0v) is 13.1. The molecule has 0 fully saturated rings. The lowest BCUT2D eigenvalue weighted by molar-refractivity contribution is 0.394. The molecule has 0 spiro atoms. The molecule has 0 saturated heterocycles. The molecule has 0 aliphatic carbocycles. The van der Waals surface area contributed by atoms with Gasteiger partial charge in [0.1, 0.15) is 11.5 Å². The maximum Gasteiger partial charge on any atom is 0.182 e. The SMILES string of the molecule is COc1cc(OC)cc(-n2c(=S)[nH]c3c(Cl)cccc32)c1. The Bertz CT molecular complexity index is 847. The molecule has 4 nitrogen and oxygen atoms in total. The van der Waals surface area contributed by atoms with Crippen molar-refractivity contribution >= 4 is 34.9 Å². The number of hydrogen-bond acceptors (Lipinski definition) is 3. The fourth-order valence-corrected chi connectivity index (χ4v) is 2.80. The minimum Gasteiger partial charge on any atom is -0.497 e. The molecule has 3 aromatic rings. The van der Waals surface area contributed by atoms with Gasteiger partial charge in [-0.2, -0.15) is 0 Å². The lowest BCUT2D eigenvalue weighted by Crippen LogP contribution is -1.96. The van der Waals surface area contributed by atoms with Crippen molar-refractivity contribution < 1.29 is 9.47 Å². The molecule has 0 radical (unpaired) electrons. The lowest BCUT2D eigenvalue weighted by Gasteiger charge is -2.10. The van der Waals surface area contributed by atoms with Gasteiger partial charge in [-0.15, -0.1) is 0 Å². The fourth-order valence-electron chi connectivity index (χ4n) is 2.27. The summed E-state index contributed by atoms with van der Waals surface area (Å²) in [5, 5.41) is 0.632. The van der Waals surface area contributed by atoms with Gasteiger partial charge in [0.15, 0.2) is 4.77 Å². The fraction of sp³-hybridized carbons (Fsp3) is 0.133. The van der Waals surface area contributed by atoms with Gasteiger partial charge in [0.05, 0.1) is 36.0 Å². The molecule has 0 aliphatic heterocycles. The molecule has 0 atom stereocenters. The molecule has 0 unspecified atom stereocenters. The Labute approximate surface area is 131 Å². The molecule has 108 valence electrons. The number of hydrogen-bond donors (Lipinski definition) is 1. The standard InChI is InChI=1S/C15H13ClN2O2S/c1-19-10-6-9(7-11(8-10)20-2)18-13-5-3-4-12(16)14(13)17-15(18)21/h3-8H,1-2H3,(H,17,21). The van der Waals surface area contributed by atoms with Crippen molar-refractivity contribution in [1.29, 1.82) is 0 Å². The van der Waals surface area contributed by atoms with E-state index in [0.29, 0.717) is 21.3 Å². The first-order valence-electron chi connectivity index (χ1n) is 6.26. The molecule has 1 aromatic heterocycles. The van der Waals surface area contributed by atoms with Crippen LogP contribution in [0, 0.1) is 4.77 Å². The number of H-pyrrole nitrogens is 1. The monoisotopic (exact) mass is 320 g/mol. The lowest BCUT2D eigenvalue weighted by atomic mass is 10.2. The highest BCUT2D eigenvalue weighted by atomic mass is 35.5. The number of imidazole rings is 1. The normalized spacial score (nSPS) is 10.8. The van der Waals surface area contributed by atoms with Crippen molar-refractivity contribution in [2.45, 2.75) is 0 Å². The summed E-state index contributed by atoms with van der Waals surface area (Å²) < 4.78 is 13.1. The molecule has 3 rings (SSSR count). The van der Waals surface area contributed by atoms with Crippen LogP contribution >= 0.6 is 23.8 Å². The third-order valence-corrected chi connectivity index (χ3v) is 3.86. The number of nitrogens with one attached hydrogen (secondary N) is 1. The Morgan fingerprint density at radius 1 is 1.10 bits per heavy atom. The second-order valence-corrected chi connectivity index (χ2v) is 5.26. The van der Waals surface area contributed by atoms with Crippen molar-refractivity contribution in [2.75, 3.05) is 14.2 Å². The molecule has 21 heavy (non-hydrogen) atoms. The number of aromatic nitrogens is 2. The first-order valence-corrected chi connectivity index (χ1v) is 7.05. The summed E-state index contributed by atoms with van der Waals surface area (Å²) in [5.74, 6) is 1.39. The maximum atomic E-state index is 6.21. The molecule has 1 heterocycles. The summed E-state index contributed by atoms with van der Waals surface area (Å²) in [7, 11) is 3.23. The maximum absolute atomic E-state index is 6.21. The highest BCUT2D eigenvalue weighted by Crippen LogP contribution is 2.29. The Hall–Kier alpha value is -1.98. The van der Waals surface area contributed by atoms with Gasteiger partial charge in [-0.25, -0.2) is 0 Å². The predicted molar refractivity (Wildman–Crippen MR) is 86.6 cm³/mol. The van der Waals surface area contributed by atoms with Crippen LogP contribution in [0.5, 0.6) is 11.5 Å². The van der Waals surface area contributed by atoms with E-state index in [1.807, 2.05) is 41.0 Å². The number of methoxy groups -OCH3 is 2. The van der Waals surface area contributed by atoms with E-state index in [9.17, 15) is 0 Å². The second kappa shape index (κ2) is 5.42. The number of halogens is 1. The molecule has 0 bridgehead atoms. The number of benzene rings is 2. The van der Waals surface area contributed by atoms with E-state index in [-0.39, 0.29) is 0 Å². The number of aromatic amines is 1. The van der Waals surface area contributed by atoms with Crippen molar-refractivity contribution in [3.63, 3.8) is 0 Å². The third-order valence-electron chi connectivity index (χ3n) is 3.26. The van der Waals surface area contributed by atoms with Crippen LogP contribution in [0.4, 0.5) is 0 Å². The van der Waals surface area contributed by atoms with Gasteiger partial charge in [0.25, 0.3) is 0 Å². The van der Waals surface area contributed by atoms with E-state index in [2.05, 4.69) is 4.98 Å². The highest BCUT2D eigenvalue weighted by molar-refractivity contribution is 7.71. The Balaban J connectivity index is 2.32. The predicted octanol–water partition coefficient (Wildman–Crippen LogP) is 4.36. The van der Waals surface area contributed by atoms with Gasteiger partial charge in [-0.05, 0) is 24.4 Å². The first-order chi connectivity index (χ1) is 10.1. The van der Waals surface area contributed by atoms with E-state index in [1.165, 1.54) is 0 Å². The summed E-state index contributed by atoms with van der Waals surface area (Å²) in [6.07, 6.45) is 0. The Morgan fingerprint density at radius 2 is 1.76 bits per heavy atom. The Kier molecular flexibility index (Phi) is 3.61. The van der Waals surface area contributed by atoms with E-state index in [4.69, 9.17) is 33.3 Å². The molecule has 2 aromatic carbocycles. The molecule has 0 saturated carbocycles. The van der Waals surface area contributed by atoms with Gasteiger partial charge in [-0.3, -0.25) is 4.57 Å². The van der Waals surface area contributed by atoms with Crippen LogP contribution in [-0.4, -0.2) is 23.8 Å². The number of fused-ring (bicyclic) bond motifs is 1. The summed E-state index contributed by atoms with van der Waals surface area (Å²) in [4.78, 5) is 3.13. The molecule has 6 heteroatoms. The van der Waals surface area contributed by atoms with Crippen LogP contribution in [0.15, 0.2) is 36.4 Å². The van der Waals surface area contributed by atoms with Crippen LogP contribution in [-0.2, 0) is 0 Å². The first kappa shape index (κ1) is 14.0. The van der Waals surface area contributed by atoms with Gasteiger partial charge in [0.2, 0.25) is 0 Å². The zero-order chi connectivity index (χ0) is 15.0. The molecule has 0 amide bonds. The van der Waals surface area contributed by atoms with Gasteiger partial charge >= 0.3 is 0 Å². The van der Waals surface area contributed by atoms with Crippen LogP contribution in [0.25, 0.3) is 16.7 Å². The smallest absolute Gasteiger partial charge is 0.182 e. The highest BCUT2D eigenvalue weighted by Gasteiger charge is 2.11. The van der Waals surface area contributed by atoms with E-state index in [1.54, 1.807) is 14.2 Å². The van der Waals surface area contributed by atoms with Gasteiger partial charge in [-0.1, -0.05) is 17.7 Å². The molecule has 1 N–H and O–H groups in total. The van der Waals surface area contributed by atoms with Crippen LogP contribution in [0.2, 0.25) is 5.02 Å².